The van der Waals surface area contributed by atoms with E-state index in [9.17, 15) is 31.1 Å². The van der Waals surface area contributed by atoms with Crippen LogP contribution >= 0.6 is 23.2 Å². The smallest absolute Gasteiger partial charge is 0.369 e. The van der Waals surface area contributed by atoms with Gasteiger partial charge in [0, 0.05) is 56.9 Å². The number of benzene rings is 3. The van der Waals surface area contributed by atoms with Crippen molar-refractivity contribution in [2.24, 2.45) is 0 Å². The van der Waals surface area contributed by atoms with Gasteiger partial charge in [0.25, 0.3) is 5.91 Å². The maximum atomic E-state index is 13.5. The second kappa shape index (κ2) is 14.8. The number of hydrogen-bond acceptors (Lipinski definition) is 5. The number of rotatable bonds is 10. The Bertz CT molecular complexity index is 1680. The van der Waals surface area contributed by atoms with Crippen LogP contribution in [0.2, 0.25) is 10.0 Å². The number of likely N-dealkylation sites (N-methyl/N-ethyl adjacent to an activating group) is 1. The molecule has 1 aliphatic rings. The zero-order chi connectivity index (χ0) is 34.6. The van der Waals surface area contributed by atoms with Crippen LogP contribution < -0.4 is 4.90 Å². The van der Waals surface area contributed by atoms with Crippen molar-refractivity contribution >= 4 is 34.8 Å². The van der Waals surface area contributed by atoms with Gasteiger partial charge in [0.05, 0.1) is 27.7 Å². The number of hydrogen-bond donors (Lipinski definition) is 0. The van der Waals surface area contributed by atoms with Gasteiger partial charge in [-0.15, -0.1) is 0 Å². The minimum Gasteiger partial charge on any atom is -0.369 e. The van der Waals surface area contributed by atoms with Crippen molar-refractivity contribution in [3.63, 3.8) is 0 Å². The van der Waals surface area contributed by atoms with Gasteiger partial charge in [0.1, 0.15) is 12.7 Å². The number of nitrogens with zero attached hydrogens (tertiary/aromatic N) is 6. The second-order valence-electron chi connectivity index (χ2n) is 11.7. The number of carbonyl (C=O) groups is 1. The van der Waals surface area contributed by atoms with E-state index in [1.54, 1.807) is 29.2 Å². The van der Waals surface area contributed by atoms with Crippen LogP contribution in [0.4, 0.5) is 32.0 Å². The Morgan fingerprint density at radius 2 is 1.56 bits per heavy atom. The topological polar surface area (TPSA) is 57.5 Å². The summed E-state index contributed by atoms with van der Waals surface area (Å²) in [5, 5.41) is 4.83. The molecule has 3 aromatic carbocycles. The zero-order valence-corrected chi connectivity index (χ0v) is 27.3. The van der Waals surface area contributed by atoms with Crippen LogP contribution in [0.3, 0.4) is 0 Å². The molecular weight excluding hydrogens is 681 g/mol. The fraction of sp³-hybridized carbons (Fsp3) is 0.364. The van der Waals surface area contributed by atoms with Crippen molar-refractivity contribution < 1.29 is 31.1 Å². The summed E-state index contributed by atoms with van der Waals surface area (Å²) >= 11 is 12.4. The van der Waals surface area contributed by atoms with Gasteiger partial charge in [-0.3, -0.25) is 9.69 Å². The number of piperazine rings is 1. The minimum atomic E-state index is -5.07. The van der Waals surface area contributed by atoms with E-state index in [1.807, 2.05) is 12.1 Å². The van der Waals surface area contributed by atoms with Gasteiger partial charge in [0.2, 0.25) is 0 Å². The Morgan fingerprint density at radius 1 is 0.896 bits per heavy atom. The maximum absolute atomic E-state index is 13.5. The van der Waals surface area contributed by atoms with Gasteiger partial charge < -0.3 is 9.80 Å². The van der Waals surface area contributed by atoms with Crippen molar-refractivity contribution in [1.82, 2.24) is 24.6 Å². The first-order valence-corrected chi connectivity index (χ1v) is 15.8. The van der Waals surface area contributed by atoms with Gasteiger partial charge in [0.15, 0.2) is 0 Å². The molecule has 0 bridgehead atoms. The highest BCUT2D eigenvalue weighted by Crippen LogP contribution is 2.37. The van der Waals surface area contributed by atoms with Crippen LogP contribution in [-0.4, -0.2) is 76.8 Å². The predicted octanol–water partition coefficient (Wildman–Crippen LogP) is 7.74. The summed E-state index contributed by atoms with van der Waals surface area (Å²) in [5.74, 6) is -1.31. The van der Waals surface area contributed by atoms with E-state index in [0.717, 1.165) is 47.9 Å². The molecule has 1 amide bonds. The van der Waals surface area contributed by atoms with Crippen LogP contribution in [-0.2, 0) is 18.9 Å². The molecule has 0 aliphatic carbocycles. The Balaban J connectivity index is 1.28. The van der Waals surface area contributed by atoms with E-state index >= 15 is 0 Å². The quantitative estimate of drug-likeness (QED) is 0.158. The Labute approximate surface area is 283 Å². The lowest BCUT2D eigenvalue weighted by atomic mass is 9.94. The highest BCUT2D eigenvalue weighted by molar-refractivity contribution is 6.42. The van der Waals surface area contributed by atoms with Gasteiger partial charge >= 0.3 is 12.4 Å². The lowest BCUT2D eigenvalue weighted by Gasteiger charge is -2.37. The summed E-state index contributed by atoms with van der Waals surface area (Å²) < 4.78 is 82.6. The first kappa shape index (κ1) is 35.5. The third-order valence-electron chi connectivity index (χ3n) is 8.39. The number of aromatic nitrogens is 3. The minimum absolute atomic E-state index is 0.00454. The number of para-hydroxylation sites is 1. The molecule has 0 unspecified atom stereocenters. The van der Waals surface area contributed by atoms with E-state index < -0.39 is 35.0 Å². The highest BCUT2D eigenvalue weighted by atomic mass is 35.5. The maximum Gasteiger partial charge on any atom is 0.416 e. The zero-order valence-electron chi connectivity index (χ0n) is 25.8. The molecule has 0 saturated carbocycles. The molecule has 2 heterocycles. The first-order valence-electron chi connectivity index (χ1n) is 15.1. The van der Waals surface area contributed by atoms with Crippen LogP contribution in [0.1, 0.15) is 45.0 Å². The van der Waals surface area contributed by atoms with Crippen molar-refractivity contribution in [3.05, 3.63) is 111 Å². The number of alkyl halides is 6. The van der Waals surface area contributed by atoms with E-state index in [2.05, 4.69) is 32.0 Å². The SMILES string of the molecule is CN(C[C@@H](CCN1CCN(c2ccccc2Cn2cncn2)CC1)c1ccc(Cl)c(Cl)c1)C(=O)c1cc(C(F)(F)F)cc(C(F)(F)F)c1. The number of halogens is 8. The summed E-state index contributed by atoms with van der Waals surface area (Å²) in [6.45, 7) is 4.28. The average molecular weight is 714 g/mol. The van der Waals surface area contributed by atoms with Crippen molar-refractivity contribution in [2.45, 2.75) is 31.2 Å². The monoisotopic (exact) mass is 712 g/mol. The molecule has 1 aliphatic heterocycles. The molecule has 1 fully saturated rings. The summed E-state index contributed by atoms with van der Waals surface area (Å²) in [4.78, 5) is 23.1. The van der Waals surface area contributed by atoms with Crippen molar-refractivity contribution in [1.29, 1.82) is 0 Å². The molecule has 15 heteroatoms. The second-order valence-corrected chi connectivity index (χ2v) is 12.5. The summed E-state index contributed by atoms with van der Waals surface area (Å²) in [7, 11) is 1.36. The summed E-state index contributed by atoms with van der Waals surface area (Å²) in [5.41, 5.74) is -0.820. The molecule has 0 spiro atoms. The number of amides is 1. The van der Waals surface area contributed by atoms with Crippen LogP contribution in [0.15, 0.2) is 73.3 Å². The first-order chi connectivity index (χ1) is 22.7. The molecule has 5 rings (SSSR count). The molecule has 1 saturated heterocycles. The van der Waals surface area contributed by atoms with E-state index in [-0.39, 0.29) is 18.5 Å². The van der Waals surface area contributed by atoms with E-state index in [1.165, 1.54) is 13.4 Å². The number of anilines is 1. The molecule has 1 atom stereocenters. The fourth-order valence-corrected chi connectivity index (χ4v) is 6.14. The highest BCUT2D eigenvalue weighted by Gasteiger charge is 2.38. The van der Waals surface area contributed by atoms with Crippen molar-refractivity contribution in [2.75, 3.05) is 51.2 Å². The van der Waals surface area contributed by atoms with Gasteiger partial charge in [-0.05, 0) is 60.5 Å². The standard InChI is InChI=1S/C33H32Cl2F6N6O/c1-44(31(48)25-14-26(32(36,37)38)17-27(15-25)33(39,40)41)18-23(22-6-7-28(34)29(35)16-22)8-9-45-10-12-46(13-11-45)30-5-3-2-4-24(30)19-47-21-42-20-43-47/h2-7,14-17,20-21,23H,8-13,18-19H2,1H3/t23-/m1/s1. The van der Waals surface area contributed by atoms with Gasteiger partial charge in [-0.25, -0.2) is 9.67 Å². The number of carbonyl (C=O) groups excluding carboxylic acids is 1. The normalized spacial score (nSPS) is 15.1. The van der Waals surface area contributed by atoms with Crippen LogP contribution in [0.25, 0.3) is 0 Å². The van der Waals surface area contributed by atoms with E-state index in [0.29, 0.717) is 41.7 Å². The lowest BCUT2D eigenvalue weighted by Crippen LogP contribution is -2.47. The molecule has 0 radical (unpaired) electrons. The third-order valence-corrected chi connectivity index (χ3v) is 9.13. The Kier molecular flexibility index (Phi) is 10.9. The van der Waals surface area contributed by atoms with Gasteiger partial charge in [-0.1, -0.05) is 47.5 Å². The Morgan fingerprint density at radius 3 is 2.17 bits per heavy atom. The third kappa shape index (κ3) is 8.80. The molecule has 0 N–H and O–H groups in total. The lowest BCUT2D eigenvalue weighted by molar-refractivity contribution is -0.143. The fourth-order valence-electron chi connectivity index (χ4n) is 5.83. The predicted molar refractivity (Wildman–Crippen MR) is 171 cm³/mol. The van der Waals surface area contributed by atoms with Crippen LogP contribution in [0, 0.1) is 0 Å². The van der Waals surface area contributed by atoms with Gasteiger partial charge in [-0.2, -0.15) is 31.4 Å². The molecule has 7 nitrogen and oxygen atoms in total. The molecule has 48 heavy (non-hydrogen) atoms. The van der Waals surface area contributed by atoms with Crippen LogP contribution in [0.5, 0.6) is 0 Å². The molecular formula is C33H32Cl2F6N6O. The Hall–Kier alpha value is -3.81. The summed E-state index contributed by atoms with van der Waals surface area (Å²) in [6, 6.07) is 14.1. The van der Waals surface area contributed by atoms with E-state index in [4.69, 9.17) is 23.2 Å². The molecule has 256 valence electrons. The largest absolute Gasteiger partial charge is 0.416 e. The van der Waals surface area contributed by atoms with Crippen molar-refractivity contribution in [3.8, 4) is 0 Å². The molecule has 4 aromatic rings. The average Bonchev–Trinajstić information content (AvgIpc) is 3.56. The summed E-state index contributed by atoms with van der Waals surface area (Å²) in [6.07, 6.45) is -6.44. The molecule has 1 aromatic heterocycles.